The van der Waals surface area contributed by atoms with E-state index in [-0.39, 0.29) is 22.5 Å². The second kappa shape index (κ2) is 14.7. The molecule has 0 spiro atoms. The normalized spacial score (nSPS) is 11.5. The zero-order valence-corrected chi connectivity index (χ0v) is 31.5. The number of hydrogen-bond acceptors (Lipinski definition) is 2. The van der Waals surface area contributed by atoms with E-state index in [9.17, 15) is 8.78 Å². The first-order chi connectivity index (χ1) is 29.2. The van der Waals surface area contributed by atoms with Gasteiger partial charge in [-0.05, 0) is 118 Å². The maximum Gasteiger partial charge on any atom is 0.136 e. The van der Waals surface area contributed by atoms with Crippen LogP contribution in [-0.2, 0) is 0 Å². The predicted molar refractivity (Wildman–Crippen MR) is 230 cm³/mol. The van der Waals surface area contributed by atoms with Gasteiger partial charge < -0.3 is 9.80 Å². The molecule has 0 saturated carbocycles. The highest BCUT2D eigenvalue weighted by molar-refractivity contribution is 6.28. The molecule has 0 aliphatic rings. The van der Waals surface area contributed by atoms with Crippen LogP contribution in [0.25, 0.3) is 54.6 Å². The van der Waals surface area contributed by atoms with E-state index < -0.39 is 34.9 Å². The Balaban J connectivity index is 1.19. The Morgan fingerprint density at radius 3 is 0.983 bits per heavy atom. The summed E-state index contributed by atoms with van der Waals surface area (Å²) in [7, 11) is 0. The molecule has 60 heavy (non-hydrogen) atoms. The highest BCUT2D eigenvalue weighted by Crippen LogP contribution is 2.48. The van der Waals surface area contributed by atoms with Crippen molar-refractivity contribution in [3.05, 3.63) is 217 Å². The lowest BCUT2D eigenvalue weighted by molar-refractivity contribution is 0.589. The van der Waals surface area contributed by atoms with Crippen LogP contribution in [0.1, 0.15) is 0 Å². The lowest BCUT2D eigenvalue weighted by Gasteiger charge is -2.29. The zero-order chi connectivity index (χ0) is 41.1. The quantitative estimate of drug-likeness (QED) is 0.112. The van der Waals surface area contributed by atoms with Crippen molar-refractivity contribution in [1.82, 2.24) is 0 Å². The molecule has 10 aromatic carbocycles. The average molecular weight is 797 g/mol. The Hall–Kier alpha value is -7.58. The maximum atomic E-state index is 16.1. The van der Waals surface area contributed by atoms with Crippen LogP contribution in [0, 0.1) is 34.9 Å². The second-order valence-electron chi connectivity index (χ2n) is 14.5. The van der Waals surface area contributed by atoms with Crippen LogP contribution < -0.4 is 9.80 Å². The standard InChI is InChI=1S/C52H30F6N2/c53-35-15-19-37(20-16-35)59(39-27-43(55)51(44(56)28-39)31-7-3-1-4-8-31)47-25-13-33-12-24-42-48(26-14-34-11-23-41(47)49(33)50(34)42)60(38-21-17-36(54)18-22-38)40-29-45(57)52(46(58)30-40)32-9-5-2-6-10-32/h1-30H. The van der Waals surface area contributed by atoms with Gasteiger partial charge in [-0.15, -0.1) is 0 Å². The summed E-state index contributed by atoms with van der Waals surface area (Å²) in [6, 6.07) is 48.7. The van der Waals surface area contributed by atoms with Crippen molar-refractivity contribution in [3.63, 3.8) is 0 Å². The third-order valence-corrected chi connectivity index (χ3v) is 11.0. The molecule has 0 saturated heterocycles. The van der Waals surface area contributed by atoms with Crippen LogP contribution in [0.3, 0.4) is 0 Å². The van der Waals surface area contributed by atoms with Crippen molar-refractivity contribution in [2.45, 2.75) is 0 Å². The monoisotopic (exact) mass is 796 g/mol. The smallest absolute Gasteiger partial charge is 0.136 e. The summed E-state index contributed by atoms with van der Waals surface area (Å²) >= 11 is 0. The molecule has 0 fully saturated rings. The Bertz CT molecular complexity index is 2940. The van der Waals surface area contributed by atoms with Crippen LogP contribution in [0.15, 0.2) is 182 Å². The van der Waals surface area contributed by atoms with E-state index in [2.05, 4.69) is 0 Å². The number of rotatable bonds is 8. The predicted octanol–water partition coefficient (Wildman–Crippen LogP) is 15.7. The van der Waals surface area contributed by atoms with Gasteiger partial charge in [-0.1, -0.05) is 97.1 Å². The zero-order valence-electron chi connectivity index (χ0n) is 31.5. The van der Waals surface area contributed by atoms with Gasteiger partial charge in [-0.25, -0.2) is 26.3 Å². The Labute approximate surface area is 340 Å². The largest absolute Gasteiger partial charge is 0.310 e. The van der Waals surface area contributed by atoms with Crippen molar-refractivity contribution < 1.29 is 26.3 Å². The molecule has 10 rings (SSSR count). The molecular formula is C52H30F6N2. The Kier molecular flexibility index (Phi) is 8.98. The Morgan fingerprint density at radius 2 is 0.633 bits per heavy atom. The molecule has 0 atom stereocenters. The van der Waals surface area contributed by atoms with E-state index in [1.54, 1.807) is 94.7 Å². The molecule has 0 aliphatic carbocycles. The van der Waals surface area contributed by atoms with Crippen LogP contribution in [0.2, 0.25) is 0 Å². The summed E-state index contributed by atoms with van der Waals surface area (Å²) in [5.74, 6) is -4.02. The number of nitrogens with zero attached hydrogens (tertiary/aromatic N) is 2. The van der Waals surface area contributed by atoms with Crippen molar-refractivity contribution in [2.75, 3.05) is 9.80 Å². The van der Waals surface area contributed by atoms with E-state index in [0.29, 0.717) is 33.9 Å². The first kappa shape index (κ1) is 36.7. The van der Waals surface area contributed by atoms with Crippen LogP contribution in [-0.4, -0.2) is 0 Å². The first-order valence-corrected chi connectivity index (χ1v) is 19.1. The lowest BCUT2D eigenvalue weighted by Crippen LogP contribution is -2.13. The molecule has 0 N–H and O–H groups in total. The fraction of sp³-hybridized carbons (Fsp3) is 0. The lowest BCUT2D eigenvalue weighted by atomic mass is 9.91. The molecule has 10 aromatic rings. The maximum absolute atomic E-state index is 16.1. The molecule has 0 aliphatic heterocycles. The van der Waals surface area contributed by atoms with Crippen molar-refractivity contribution in [2.24, 2.45) is 0 Å². The SMILES string of the molecule is Fc1ccc(N(c2cc(F)c(-c3ccccc3)c(F)c2)c2ccc3ccc4c(N(c5ccc(F)cc5)c5cc(F)c(-c6ccccc6)c(F)c5)ccc5ccc2c3c54)cc1. The van der Waals surface area contributed by atoms with Gasteiger partial charge in [0.15, 0.2) is 0 Å². The van der Waals surface area contributed by atoms with Gasteiger partial charge in [0.1, 0.15) is 34.9 Å². The molecule has 2 nitrogen and oxygen atoms in total. The van der Waals surface area contributed by atoms with E-state index in [0.717, 1.165) is 32.3 Å². The number of benzene rings is 10. The topological polar surface area (TPSA) is 6.48 Å². The summed E-state index contributed by atoms with van der Waals surface area (Å²) < 4.78 is 93.0. The first-order valence-electron chi connectivity index (χ1n) is 19.1. The Morgan fingerprint density at radius 1 is 0.300 bits per heavy atom. The molecule has 0 radical (unpaired) electrons. The van der Waals surface area contributed by atoms with Gasteiger partial charge >= 0.3 is 0 Å². The number of hydrogen-bond donors (Lipinski definition) is 0. The minimum Gasteiger partial charge on any atom is -0.310 e. The summed E-state index contributed by atoms with van der Waals surface area (Å²) in [5.41, 5.74) is 2.86. The summed E-state index contributed by atoms with van der Waals surface area (Å²) in [4.78, 5) is 3.38. The molecular weight excluding hydrogens is 767 g/mol. The van der Waals surface area contributed by atoms with Gasteiger partial charge in [0.25, 0.3) is 0 Å². The fourth-order valence-electron chi connectivity index (χ4n) is 8.33. The van der Waals surface area contributed by atoms with E-state index in [1.165, 1.54) is 48.5 Å². The molecule has 0 heterocycles. The highest BCUT2D eigenvalue weighted by atomic mass is 19.2. The third kappa shape index (κ3) is 6.25. The summed E-state index contributed by atoms with van der Waals surface area (Å²) in [6.45, 7) is 0. The molecule has 290 valence electrons. The highest BCUT2D eigenvalue weighted by Gasteiger charge is 2.25. The van der Waals surface area contributed by atoms with Gasteiger partial charge in [-0.2, -0.15) is 0 Å². The average Bonchev–Trinajstić information content (AvgIpc) is 3.25. The molecule has 0 amide bonds. The van der Waals surface area contributed by atoms with E-state index in [4.69, 9.17) is 0 Å². The van der Waals surface area contributed by atoms with E-state index >= 15 is 17.6 Å². The van der Waals surface area contributed by atoms with E-state index in [1.807, 2.05) is 48.5 Å². The summed E-state index contributed by atoms with van der Waals surface area (Å²) in [5, 5.41) is 4.79. The van der Waals surface area contributed by atoms with Gasteiger partial charge in [0.2, 0.25) is 0 Å². The minimum absolute atomic E-state index is 0.165. The number of anilines is 6. The molecule has 0 aromatic heterocycles. The molecule has 0 unspecified atom stereocenters. The van der Waals surface area contributed by atoms with Crippen LogP contribution in [0.4, 0.5) is 60.5 Å². The third-order valence-electron chi connectivity index (χ3n) is 11.0. The molecule has 8 heteroatoms. The molecule has 0 bridgehead atoms. The van der Waals surface area contributed by atoms with Crippen molar-refractivity contribution in [1.29, 1.82) is 0 Å². The van der Waals surface area contributed by atoms with Crippen molar-refractivity contribution >= 4 is 66.4 Å². The van der Waals surface area contributed by atoms with Crippen LogP contribution >= 0.6 is 0 Å². The fourth-order valence-corrected chi connectivity index (χ4v) is 8.33. The second-order valence-corrected chi connectivity index (χ2v) is 14.5. The summed E-state index contributed by atoms with van der Waals surface area (Å²) in [6.07, 6.45) is 0. The van der Waals surface area contributed by atoms with Gasteiger partial charge in [0.05, 0.1) is 33.9 Å². The van der Waals surface area contributed by atoms with Gasteiger partial charge in [-0.3, -0.25) is 0 Å². The van der Waals surface area contributed by atoms with Crippen molar-refractivity contribution in [3.8, 4) is 22.3 Å². The van der Waals surface area contributed by atoms with Crippen LogP contribution in [0.5, 0.6) is 0 Å². The minimum atomic E-state index is -0.767. The number of halogens is 6. The van der Waals surface area contributed by atoms with Gasteiger partial charge in [0, 0.05) is 22.1 Å².